The number of ether oxygens (including phenoxy) is 2. The number of rotatable bonds is 8. The van der Waals surface area contributed by atoms with Crippen molar-refractivity contribution in [3.05, 3.63) is 17.3 Å². The summed E-state index contributed by atoms with van der Waals surface area (Å²) < 4.78 is 10.7. The standard InChI is InChI=1S/C22H32N6O3S/c1-3-31-21(29)20-19(26-22(32-20)28-7-4-5-16(2)15-28)17-13-25-18(14-24-17)23-6-8-27-9-11-30-12-10-27/h13-14,16H,3-12,15H2,1-2H3,(H,23,25)/t16-/m1/s1. The molecular weight excluding hydrogens is 428 g/mol. The number of nitrogens with one attached hydrogen (secondary N) is 1. The van der Waals surface area contributed by atoms with E-state index in [2.05, 4.69) is 32.0 Å². The number of thiazole rings is 1. The van der Waals surface area contributed by atoms with Crippen molar-refractivity contribution in [1.29, 1.82) is 0 Å². The summed E-state index contributed by atoms with van der Waals surface area (Å²) in [7, 11) is 0. The number of morpholine rings is 1. The Bertz CT molecular complexity index is 884. The molecular formula is C22H32N6O3S. The van der Waals surface area contributed by atoms with E-state index < -0.39 is 0 Å². The van der Waals surface area contributed by atoms with Gasteiger partial charge in [-0.1, -0.05) is 18.3 Å². The highest BCUT2D eigenvalue weighted by Gasteiger charge is 2.26. The maximum atomic E-state index is 12.6. The van der Waals surface area contributed by atoms with Crippen molar-refractivity contribution in [2.24, 2.45) is 5.92 Å². The van der Waals surface area contributed by atoms with E-state index >= 15 is 0 Å². The molecule has 0 unspecified atom stereocenters. The molecule has 0 saturated carbocycles. The van der Waals surface area contributed by atoms with Gasteiger partial charge < -0.3 is 19.7 Å². The van der Waals surface area contributed by atoms with Crippen LogP contribution < -0.4 is 10.2 Å². The fraction of sp³-hybridized carbons (Fsp3) is 0.636. The molecule has 4 rings (SSSR count). The van der Waals surface area contributed by atoms with Gasteiger partial charge in [-0.15, -0.1) is 0 Å². The van der Waals surface area contributed by atoms with Gasteiger partial charge in [0.1, 0.15) is 22.1 Å². The maximum absolute atomic E-state index is 12.6. The Kier molecular flexibility index (Phi) is 7.88. The van der Waals surface area contributed by atoms with E-state index in [1.165, 1.54) is 17.8 Å². The van der Waals surface area contributed by atoms with E-state index in [9.17, 15) is 4.79 Å². The molecule has 2 aliphatic heterocycles. The molecule has 2 saturated heterocycles. The van der Waals surface area contributed by atoms with Gasteiger partial charge in [-0.3, -0.25) is 4.90 Å². The fourth-order valence-corrected chi connectivity index (χ4v) is 5.03. The first-order valence-corrected chi connectivity index (χ1v) is 12.2. The van der Waals surface area contributed by atoms with E-state index in [1.807, 2.05) is 6.92 Å². The zero-order valence-corrected chi connectivity index (χ0v) is 19.7. The Morgan fingerprint density at radius 2 is 2.12 bits per heavy atom. The lowest BCUT2D eigenvalue weighted by molar-refractivity contribution is 0.0398. The van der Waals surface area contributed by atoms with Crippen LogP contribution in [0.5, 0.6) is 0 Å². The monoisotopic (exact) mass is 460 g/mol. The average molecular weight is 461 g/mol. The number of carbonyl (C=O) groups is 1. The molecule has 0 amide bonds. The smallest absolute Gasteiger partial charge is 0.350 e. The Morgan fingerprint density at radius 1 is 1.28 bits per heavy atom. The molecule has 0 radical (unpaired) electrons. The van der Waals surface area contributed by atoms with E-state index in [4.69, 9.17) is 14.5 Å². The second kappa shape index (κ2) is 11.0. The molecule has 0 aromatic carbocycles. The minimum Gasteiger partial charge on any atom is -0.462 e. The fourth-order valence-electron chi connectivity index (χ4n) is 4.02. The normalized spacial score (nSPS) is 19.7. The molecule has 2 aromatic heterocycles. The second-order valence-electron chi connectivity index (χ2n) is 8.26. The third-order valence-electron chi connectivity index (χ3n) is 5.74. The molecule has 32 heavy (non-hydrogen) atoms. The number of aromatic nitrogens is 3. The van der Waals surface area contributed by atoms with Crippen LogP contribution in [0.25, 0.3) is 11.4 Å². The molecule has 2 aromatic rings. The molecule has 9 nitrogen and oxygen atoms in total. The van der Waals surface area contributed by atoms with Crippen molar-refractivity contribution in [3.8, 4) is 11.4 Å². The van der Waals surface area contributed by atoms with Crippen LogP contribution in [0.4, 0.5) is 10.9 Å². The highest BCUT2D eigenvalue weighted by Crippen LogP contribution is 2.34. The lowest BCUT2D eigenvalue weighted by Gasteiger charge is -2.30. The Hall–Kier alpha value is -2.30. The first-order chi connectivity index (χ1) is 15.6. The SMILES string of the molecule is CCOC(=O)c1sc(N2CCC[C@@H](C)C2)nc1-c1cnc(NCCN2CCOCC2)cn1. The van der Waals surface area contributed by atoms with Crippen LogP contribution in [0.3, 0.4) is 0 Å². The van der Waals surface area contributed by atoms with Crippen LogP contribution in [0.15, 0.2) is 12.4 Å². The summed E-state index contributed by atoms with van der Waals surface area (Å²) in [5, 5.41) is 4.17. The maximum Gasteiger partial charge on any atom is 0.350 e. The van der Waals surface area contributed by atoms with E-state index in [-0.39, 0.29) is 5.97 Å². The zero-order chi connectivity index (χ0) is 22.3. The van der Waals surface area contributed by atoms with Gasteiger partial charge >= 0.3 is 5.97 Å². The van der Waals surface area contributed by atoms with Crippen molar-refractivity contribution in [2.75, 3.05) is 69.3 Å². The number of hydrogen-bond donors (Lipinski definition) is 1. The summed E-state index contributed by atoms with van der Waals surface area (Å²) in [5.74, 6) is 0.968. The number of anilines is 2. The van der Waals surface area contributed by atoms with Crippen LogP contribution in [0.2, 0.25) is 0 Å². The minimum atomic E-state index is -0.356. The van der Waals surface area contributed by atoms with Crippen molar-refractivity contribution in [3.63, 3.8) is 0 Å². The molecule has 1 N–H and O–H groups in total. The number of hydrogen-bond acceptors (Lipinski definition) is 10. The second-order valence-corrected chi connectivity index (χ2v) is 9.23. The summed E-state index contributed by atoms with van der Waals surface area (Å²) in [5.41, 5.74) is 1.13. The minimum absolute atomic E-state index is 0.323. The average Bonchev–Trinajstić information content (AvgIpc) is 3.26. The molecule has 174 valence electrons. The van der Waals surface area contributed by atoms with Gasteiger partial charge in [-0.25, -0.2) is 19.7 Å². The lowest BCUT2D eigenvalue weighted by atomic mass is 10.0. The highest BCUT2D eigenvalue weighted by molar-refractivity contribution is 7.17. The lowest BCUT2D eigenvalue weighted by Crippen LogP contribution is -2.39. The topological polar surface area (TPSA) is 92.7 Å². The molecule has 0 aliphatic carbocycles. The van der Waals surface area contributed by atoms with Crippen molar-refractivity contribution in [2.45, 2.75) is 26.7 Å². The van der Waals surface area contributed by atoms with E-state index in [1.54, 1.807) is 12.4 Å². The Morgan fingerprint density at radius 3 is 2.84 bits per heavy atom. The van der Waals surface area contributed by atoms with Crippen LogP contribution in [0.1, 0.15) is 36.4 Å². The highest BCUT2D eigenvalue weighted by atomic mass is 32.1. The van der Waals surface area contributed by atoms with Gasteiger partial charge in [0, 0.05) is 39.3 Å². The molecule has 2 aliphatic rings. The Balaban J connectivity index is 1.46. The van der Waals surface area contributed by atoms with Gasteiger partial charge in [-0.2, -0.15) is 0 Å². The van der Waals surface area contributed by atoms with Gasteiger partial charge in [0.25, 0.3) is 0 Å². The van der Waals surface area contributed by atoms with Crippen molar-refractivity contribution in [1.82, 2.24) is 19.9 Å². The van der Waals surface area contributed by atoms with Gasteiger partial charge in [-0.05, 0) is 25.7 Å². The molecule has 1 atom stereocenters. The molecule has 2 fully saturated rings. The summed E-state index contributed by atoms with van der Waals surface area (Å²) >= 11 is 1.39. The van der Waals surface area contributed by atoms with Gasteiger partial charge in [0.15, 0.2) is 5.13 Å². The van der Waals surface area contributed by atoms with Crippen LogP contribution >= 0.6 is 11.3 Å². The largest absolute Gasteiger partial charge is 0.462 e. The summed E-state index contributed by atoms with van der Waals surface area (Å²) in [6.07, 6.45) is 5.74. The summed E-state index contributed by atoms with van der Waals surface area (Å²) in [6.45, 7) is 11.5. The van der Waals surface area contributed by atoms with Crippen LogP contribution in [0, 0.1) is 5.92 Å². The van der Waals surface area contributed by atoms with E-state index in [0.29, 0.717) is 34.6 Å². The number of carbonyl (C=O) groups excluding carboxylic acids is 1. The van der Waals surface area contributed by atoms with Crippen LogP contribution in [-0.4, -0.2) is 84.9 Å². The molecule has 0 bridgehead atoms. The van der Waals surface area contributed by atoms with Gasteiger partial charge in [0.2, 0.25) is 0 Å². The quantitative estimate of drug-likeness (QED) is 0.597. The first kappa shape index (κ1) is 22.9. The number of esters is 1. The molecule has 4 heterocycles. The number of nitrogens with zero attached hydrogens (tertiary/aromatic N) is 5. The predicted octanol–water partition coefficient (Wildman–Crippen LogP) is 2.76. The van der Waals surface area contributed by atoms with E-state index in [0.717, 1.165) is 64.0 Å². The Labute approximate surface area is 193 Å². The number of piperidine rings is 1. The van der Waals surface area contributed by atoms with Gasteiger partial charge in [0.05, 0.1) is 32.2 Å². The van der Waals surface area contributed by atoms with Crippen molar-refractivity contribution < 1.29 is 14.3 Å². The summed E-state index contributed by atoms with van der Waals surface area (Å²) in [4.78, 5) is 31.6. The molecule has 0 spiro atoms. The van der Waals surface area contributed by atoms with Crippen LogP contribution in [-0.2, 0) is 9.47 Å². The first-order valence-electron chi connectivity index (χ1n) is 11.4. The zero-order valence-electron chi connectivity index (χ0n) is 18.9. The van der Waals surface area contributed by atoms with Crippen molar-refractivity contribution >= 4 is 28.3 Å². The predicted molar refractivity (Wildman–Crippen MR) is 125 cm³/mol. The third kappa shape index (κ3) is 5.73. The molecule has 10 heteroatoms. The summed E-state index contributed by atoms with van der Waals surface area (Å²) in [6, 6.07) is 0. The third-order valence-corrected chi connectivity index (χ3v) is 6.83.